The molecule has 0 N–H and O–H groups in total. The smallest absolute Gasteiger partial charge is 0.337 e. The molecule has 178 valence electrons. The molecule has 0 unspecified atom stereocenters. The number of benzene rings is 2. The van der Waals surface area contributed by atoms with Crippen molar-refractivity contribution in [1.82, 2.24) is 4.90 Å². The van der Waals surface area contributed by atoms with Crippen molar-refractivity contribution < 1.29 is 19.0 Å². The minimum absolute atomic E-state index is 0.145. The highest BCUT2D eigenvalue weighted by Crippen LogP contribution is 2.40. The van der Waals surface area contributed by atoms with Gasteiger partial charge in [-0.15, -0.1) is 0 Å². The molecule has 0 aliphatic carbocycles. The fraction of sp³-hybridized carbons (Fsp3) is 0.481. The van der Waals surface area contributed by atoms with Crippen LogP contribution in [0.25, 0.3) is 0 Å². The van der Waals surface area contributed by atoms with Gasteiger partial charge in [0.25, 0.3) is 0 Å². The fourth-order valence-electron chi connectivity index (χ4n) is 4.16. The molecule has 0 saturated heterocycles. The van der Waals surface area contributed by atoms with Crippen molar-refractivity contribution >= 4 is 5.97 Å². The zero-order valence-corrected chi connectivity index (χ0v) is 20.7. The molecule has 0 aliphatic rings. The van der Waals surface area contributed by atoms with E-state index in [1.807, 2.05) is 36.4 Å². The van der Waals surface area contributed by atoms with E-state index in [1.165, 1.54) is 7.11 Å². The predicted molar refractivity (Wildman–Crippen MR) is 130 cm³/mol. The number of ether oxygens (including phenoxy) is 3. The predicted octanol–water partition coefficient (Wildman–Crippen LogP) is 4.86. The number of hydrogen-bond donors (Lipinski definition) is 0. The average molecular weight is 453 g/mol. The lowest BCUT2D eigenvalue weighted by molar-refractivity contribution is 0.0600. The van der Waals surface area contributed by atoms with Gasteiger partial charge in [0.2, 0.25) is 0 Å². The normalized spacial score (nSPS) is 12.8. The Balaban J connectivity index is 2.02. The first-order chi connectivity index (χ1) is 15.8. The molecule has 2 aromatic rings. The van der Waals surface area contributed by atoms with Crippen LogP contribution in [0.3, 0.4) is 0 Å². The van der Waals surface area contributed by atoms with Crippen LogP contribution in [0.5, 0.6) is 11.5 Å². The van der Waals surface area contributed by atoms with Crippen LogP contribution in [0.1, 0.15) is 48.2 Å². The van der Waals surface area contributed by atoms with Crippen LogP contribution in [0.15, 0.2) is 42.5 Å². The number of carbonyl (C=O) groups excluding carboxylic acids is 1. The van der Waals surface area contributed by atoms with Gasteiger partial charge in [-0.2, -0.15) is 5.26 Å². The molecule has 2 rings (SSSR count). The van der Waals surface area contributed by atoms with Crippen molar-refractivity contribution in [2.75, 3.05) is 41.5 Å². The molecule has 2 aromatic carbocycles. The van der Waals surface area contributed by atoms with E-state index in [0.717, 1.165) is 43.5 Å². The highest BCUT2D eigenvalue weighted by atomic mass is 16.5. The van der Waals surface area contributed by atoms with Crippen molar-refractivity contribution in [3.05, 3.63) is 59.2 Å². The maximum absolute atomic E-state index is 11.7. The van der Waals surface area contributed by atoms with Crippen LogP contribution < -0.4 is 9.47 Å². The van der Waals surface area contributed by atoms with Crippen molar-refractivity contribution in [1.29, 1.82) is 5.26 Å². The highest BCUT2D eigenvalue weighted by molar-refractivity contribution is 5.89. The minimum atomic E-state index is -0.602. The van der Waals surface area contributed by atoms with Crippen molar-refractivity contribution in [2.45, 2.75) is 38.5 Å². The van der Waals surface area contributed by atoms with Gasteiger partial charge in [0, 0.05) is 6.54 Å². The van der Waals surface area contributed by atoms with E-state index in [-0.39, 0.29) is 11.9 Å². The molecule has 0 aliphatic heterocycles. The Morgan fingerprint density at radius 1 is 1.06 bits per heavy atom. The van der Waals surface area contributed by atoms with Crippen molar-refractivity contribution in [3.8, 4) is 17.6 Å². The lowest BCUT2D eigenvalue weighted by atomic mass is 9.69. The minimum Gasteiger partial charge on any atom is -0.493 e. The number of likely N-dealkylation sites (N-methyl/N-ethyl adjacent to an activating group) is 1. The van der Waals surface area contributed by atoms with Crippen LogP contribution in [0.2, 0.25) is 0 Å². The van der Waals surface area contributed by atoms with Gasteiger partial charge >= 0.3 is 5.97 Å². The number of methoxy groups -OCH3 is 3. The SMILES string of the molecule is COC(=O)c1cccc(CCN(C)CCC[C@](C#N)(c2ccc(OC)c(OC)c2)C(C)C)c1. The Hall–Kier alpha value is -3.04. The van der Waals surface area contributed by atoms with Gasteiger partial charge in [-0.25, -0.2) is 4.79 Å². The van der Waals surface area contributed by atoms with Crippen molar-refractivity contribution in [2.24, 2.45) is 5.92 Å². The van der Waals surface area contributed by atoms with E-state index in [0.29, 0.717) is 17.1 Å². The van der Waals surface area contributed by atoms with Gasteiger partial charge < -0.3 is 19.1 Å². The molecule has 0 radical (unpaired) electrons. The second kappa shape index (κ2) is 12.3. The van der Waals surface area contributed by atoms with Gasteiger partial charge in [0.05, 0.1) is 38.4 Å². The van der Waals surface area contributed by atoms with Crippen LogP contribution in [-0.4, -0.2) is 52.3 Å². The molecule has 1 atom stereocenters. The molecule has 6 nitrogen and oxygen atoms in total. The van der Waals surface area contributed by atoms with Gasteiger partial charge in [0.15, 0.2) is 11.5 Å². The molecule has 0 spiro atoms. The first-order valence-corrected chi connectivity index (χ1v) is 11.3. The van der Waals surface area contributed by atoms with Crippen molar-refractivity contribution in [3.63, 3.8) is 0 Å². The second-order valence-electron chi connectivity index (χ2n) is 8.66. The summed E-state index contributed by atoms with van der Waals surface area (Å²) >= 11 is 0. The Morgan fingerprint density at radius 3 is 2.39 bits per heavy atom. The molecule has 0 heterocycles. The molecule has 0 saturated carbocycles. The Morgan fingerprint density at radius 2 is 1.79 bits per heavy atom. The topological polar surface area (TPSA) is 71.8 Å². The fourth-order valence-corrected chi connectivity index (χ4v) is 4.16. The molecular weight excluding hydrogens is 416 g/mol. The largest absolute Gasteiger partial charge is 0.493 e. The third-order valence-corrected chi connectivity index (χ3v) is 6.33. The first kappa shape index (κ1) is 26.2. The molecule has 6 heteroatoms. The number of nitriles is 1. The maximum Gasteiger partial charge on any atom is 0.337 e. The molecule has 33 heavy (non-hydrogen) atoms. The molecule has 0 fully saturated rings. The number of esters is 1. The monoisotopic (exact) mass is 452 g/mol. The van der Waals surface area contributed by atoms with Crippen LogP contribution in [0.4, 0.5) is 0 Å². The maximum atomic E-state index is 11.7. The summed E-state index contributed by atoms with van der Waals surface area (Å²) in [5, 5.41) is 10.2. The Kier molecular flexibility index (Phi) is 9.74. The lowest BCUT2D eigenvalue weighted by Gasteiger charge is -2.32. The summed E-state index contributed by atoms with van der Waals surface area (Å²) in [6.45, 7) is 5.93. The highest BCUT2D eigenvalue weighted by Gasteiger charge is 2.36. The zero-order chi connectivity index (χ0) is 24.4. The summed E-state index contributed by atoms with van der Waals surface area (Å²) in [5.41, 5.74) is 2.03. The van der Waals surface area contributed by atoms with Gasteiger partial charge in [-0.1, -0.05) is 32.0 Å². The standard InChI is InChI=1S/C27H36N2O4/c1-20(2)27(19-28,23-11-12-24(31-4)25(18-23)32-5)14-8-15-29(3)16-13-21-9-7-10-22(17-21)26(30)33-6/h7,9-12,17-18,20H,8,13-16H2,1-6H3/t27-/m1/s1. The van der Waals surface area contributed by atoms with Gasteiger partial charge in [-0.05, 0) is 74.2 Å². The summed E-state index contributed by atoms with van der Waals surface area (Å²) in [4.78, 5) is 14.0. The Labute approximate surface area is 198 Å². The Bertz CT molecular complexity index is 967. The van der Waals surface area contributed by atoms with E-state index < -0.39 is 5.41 Å². The third kappa shape index (κ3) is 6.49. The first-order valence-electron chi connectivity index (χ1n) is 11.3. The number of rotatable bonds is 12. The second-order valence-corrected chi connectivity index (χ2v) is 8.66. The number of hydrogen-bond acceptors (Lipinski definition) is 6. The van der Waals surface area contributed by atoms with Gasteiger partial charge in [-0.3, -0.25) is 0 Å². The lowest BCUT2D eigenvalue weighted by Crippen LogP contribution is -2.32. The summed E-state index contributed by atoms with van der Waals surface area (Å²) in [6.07, 6.45) is 2.47. The van der Waals surface area contributed by atoms with E-state index in [4.69, 9.17) is 14.2 Å². The molecular formula is C27H36N2O4. The number of nitrogens with zero attached hydrogens (tertiary/aromatic N) is 2. The van der Waals surface area contributed by atoms with Gasteiger partial charge in [0.1, 0.15) is 0 Å². The number of carbonyl (C=O) groups is 1. The van der Waals surface area contributed by atoms with Crippen LogP contribution >= 0.6 is 0 Å². The third-order valence-electron chi connectivity index (χ3n) is 6.33. The van der Waals surface area contributed by atoms with E-state index in [1.54, 1.807) is 20.3 Å². The average Bonchev–Trinajstić information content (AvgIpc) is 2.84. The zero-order valence-electron chi connectivity index (χ0n) is 20.7. The summed E-state index contributed by atoms with van der Waals surface area (Å²) in [7, 11) is 6.70. The molecule has 0 aromatic heterocycles. The molecule has 0 bridgehead atoms. The summed E-state index contributed by atoms with van der Waals surface area (Å²) < 4.78 is 15.6. The van der Waals surface area contributed by atoms with E-state index in [9.17, 15) is 10.1 Å². The van der Waals surface area contributed by atoms with Crippen LogP contribution in [-0.2, 0) is 16.6 Å². The summed E-state index contributed by atoms with van der Waals surface area (Å²) in [5.74, 6) is 1.13. The van der Waals surface area contributed by atoms with Crippen LogP contribution in [0, 0.1) is 17.2 Å². The van der Waals surface area contributed by atoms with E-state index >= 15 is 0 Å². The van der Waals surface area contributed by atoms with E-state index in [2.05, 4.69) is 31.9 Å². The summed E-state index contributed by atoms with van der Waals surface area (Å²) in [6, 6.07) is 16.0. The quantitative estimate of drug-likeness (QED) is 0.428. The molecule has 0 amide bonds.